The standard InChI is InChI=1S/C22H46N2O2/c1-3-4-5-6-7-8-9-10-11-12-13-14-15-16-17-18-19-24-22(26)21(23)20(2)25/h20-21,25H,3-19,23H2,1-2H3,(H,24,26)/t20-,21+/m1/s1. The lowest BCUT2D eigenvalue weighted by atomic mass is 10.0. The fourth-order valence-corrected chi connectivity index (χ4v) is 3.22. The summed E-state index contributed by atoms with van der Waals surface area (Å²) in [7, 11) is 0. The third kappa shape index (κ3) is 16.8. The zero-order chi connectivity index (χ0) is 19.5. The quantitative estimate of drug-likeness (QED) is 0.278. The molecule has 4 heteroatoms. The maximum Gasteiger partial charge on any atom is 0.239 e. The van der Waals surface area contributed by atoms with Gasteiger partial charge in [0.1, 0.15) is 6.04 Å². The van der Waals surface area contributed by atoms with Gasteiger partial charge in [-0.25, -0.2) is 0 Å². The maximum absolute atomic E-state index is 11.5. The Hall–Kier alpha value is -0.610. The molecular weight excluding hydrogens is 324 g/mol. The van der Waals surface area contributed by atoms with Crippen molar-refractivity contribution in [3.8, 4) is 0 Å². The van der Waals surface area contributed by atoms with Crippen LogP contribution in [0.4, 0.5) is 0 Å². The maximum atomic E-state index is 11.5. The molecule has 0 aromatic carbocycles. The predicted molar refractivity (Wildman–Crippen MR) is 112 cm³/mol. The van der Waals surface area contributed by atoms with Gasteiger partial charge < -0.3 is 16.2 Å². The summed E-state index contributed by atoms with van der Waals surface area (Å²) in [5, 5.41) is 12.0. The van der Waals surface area contributed by atoms with E-state index < -0.39 is 12.1 Å². The molecule has 0 heterocycles. The number of hydrogen-bond donors (Lipinski definition) is 3. The summed E-state index contributed by atoms with van der Waals surface area (Å²) >= 11 is 0. The Morgan fingerprint density at radius 3 is 1.46 bits per heavy atom. The SMILES string of the molecule is CCCCCCCCCCCCCCCCCCNC(=O)[C@@H](N)[C@@H](C)O. The average Bonchev–Trinajstić information content (AvgIpc) is 2.63. The summed E-state index contributed by atoms with van der Waals surface area (Å²) in [6, 6.07) is -0.809. The van der Waals surface area contributed by atoms with E-state index in [2.05, 4.69) is 12.2 Å². The molecule has 0 aromatic rings. The lowest BCUT2D eigenvalue weighted by Crippen LogP contribution is -2.47. The normalized spacial score (nSPS) is 13.5. The van der Waals surface area contributed by atoms with Gasteiger partial charge >= 0.3 is 0 Å². The Labute approximate surface area is 162 Å². The molecule has 0 aromatic heterocycles. The second-order valence-electron chi connectivity index (χ2n) is 7.86. The van der Waals surface area contributed by atoms with E-state index in [9.17, 15) is 9.90 Å². The number of aliphatic hydroxyl groups is 1. The molecule has 0 aliphatic heterocycles. The number of nitrogens with one attached hydrogen (secondary N) is 1. The van der Waals surface area contributed by atoms with Crippen molar-refractivity contribution in [2.45, 2.75) is 129 Å². The number of amides is 1. The predicted octanol–water partition coefficient (Wildman–Crippen LogP) is 5.07. The molecule has 0 unspecified atom stereocenters. The summed E-state index contributed by atoms with van der Waals surface area (Å²) in [6.07, 6.45) is 20.8. The van der Waals surface area contributed by atoms with E-state index in [0.29, 0.717) is 6.54 Å². The summed E-state index contributed by atoms with van der Waals surface area (Å²) in [5.41, 5.74) is 5.57. The number of nitrogens with two attached hydrogens (primary N) is 1. The molecule has 0 radical (unpaired) electrons. The highest BCUT2D eigenvalue weighted by atomic mass is 16.3. The van der Waals surface area contributed by atoms with Gasteiger partial charge in [-0.3, -0.25) is 4.79 Å². The smallest absolute Gasteiger partial charge is 0.239 e. The first-order valence-corrected chi connectivity index (χ1v) is 11.3. The Kier molecular flexibility index (Phi) is 18.7. The highest BCUT2D eigenvalue weighted by molar-refractivity contribution is 5.81. The Bertz CT molecular complexity index is 309. The Balaban J connectivity index is 3.15. The molecule has 4 nitrogen and oxygen atoms in total. The zero-order valence-electron chi connectivity index (χ0n) is 17.6. The number of rotatable bonds is 19. The molecule has 2 atom stereocenters. The van der Waals surface area contributed by atoms with E-state index in [1.54, 1.807) is 6.92 Å². The lowest BCUT2D eigenvalue weighted by Gasteiger charge is -2.14. The van der Waals surface area contributed by atoms with Gasteiger partial charge in [0.15, 0.2) is 0 Å². The van der Waals surface area contributed by atoms with Crippen molar-refractivity contribution in [3.05, 3.63) is 0 Å². The van der Waals surface area contributed by atoms with Gasteiger partial charge in [-0.1, -0.05) is 103 Å². The van der Waals surface area contributed by atoms with Crippen LogP contribution in [-0.2, 0) is 4.79 Å². The van der Waals surface area contributed by atoms with Crippen LogP contribution in [0.1, 0.15) is 117 Å². The van der Waals surface area contributed by atoms with Gasteiger partial charge in [0.05, 0.1) is 6.10 Å². The molecule has 26 heavy (non-hydrogen) atoms. The fraction of sp³-hybridized carbons (Fsp3) is 0.955. The van der Waals surface area contributed by atoms with Crippen molar-refractivity contribution in [1.29, 1.82) is 0 Å². The van der Waals surface area contributed by atoms with Crippen molar-refractivity contribution in [2.24, 2.45) is 5.73 Å². The highest BCUT2D eigenvalue weighted by Crippen LogP contribution is 2.13. The van der Waals surface area contributed by atoms with Crippen LogP contribution in [-0.4, -0.2) is 29.7 Å². The van der Waals surface area contributed by atoms with Crippen molar-refractivity contribution in [3.63, 3.8) is 0 Å². The van der Waals surface area contributed by atoms with E-state index in [4.69, 9.17) is 5.73 Å². The molecule has 0 bridgehead atoms. The van der Waals surface area contributed by atoms with Crippen LogP contribution in [0, 0.1) is 0 Å². The molecule has 0 saturated heterocycles. The molecule has 4 N–H and O–H groups in total. The number of aliphatic hydroxyl groups excluding tert-OH is 1. The van der Waals surface area contributed by atoms with E-state index in [0.717, 1.165) is 12.8 Å². The minimum atomic E-state index is -0.809. The Morgan fingerprint density at radius 2 is 1.12 bits per heavy atom. The Morgan fingerprint density at radius 1 is 0.769 bits per heavy atom. The number of unbranched alkanes of at least 4 members (excludes halogenated alkanes) is 15. The molecule has 0 aliphatic carbocycles. The lowest BCUT2D eigenvalue weighted by molar-refractivity contribution is -0.124. The third-order valence-electron chi connectivity index (χ3n) is 5.15. The van der Waals surface area contributed by atoms with E-state index in [1.165, 1.54) is 89.9 Å². The second kappa shape index (κ2) is 19.2. The first-order chi connectivity index (χ1) is 12.6. The summed E-state index contributed by atoms with van der Waals surface area (Å²) in [5.74, 6) is -0.249. The highest BCUT2D eigenvalue weighted by Gasteiger charge is 2.17. The number of carbonyl (C=O) groups excluding carboxylic acids is 1. The fourth-order valence-electron chi connectivity index (χ4n) is 3.22. The molecule has 1 amide bonds. The van der Waals surface area contributed by atoms with Crippen LogP contribution in [0.5, 0.6) is 0 Å². The van der Waals surface area contributed by atoms with Gasteiger partial charge in [0.2, 0.25) is 5.91 Å². The van der Waals surface area contributed by atoms with Crippen LogP contribution in [0.25, 0.3) is 0 Å². The van der Waals surface area contributed by atoms with Crippen LogP contribution in [0.15, 0.2) is 0 Å². The van der Waals surface area contributed by atoms with Crippen LogP contribution in [0.3, 0.4) is 0 Å². The van der Waals surface area contributed by atoms with Gasteiger partial charge in [0, 0.05) is 6.54 Å². The van der Waals surface area contributed by atoms with Gasteiger partial charge in [-0.05, 0) is 13.3 Å². The summed E-state index contributed by atoms with van der Waals surface area (Å²) < 4.78 is 0. The molecule has 0 fully saturated rings. The zero-order valence-corrected chi connectivity index (χ0v) is 17.6. The molecule has 0 spiro atoms. The molecule has 156 valence electrons. The van der Waals surface area contributed by atoms with Crippen LogP contribution < -0.4 is 11.1 Å². The minimum Gasteiger partial charge on any atom is -0.391 e. The topological polar surface area (TPSA) is 75.4 Å². The molecule has 0 aliphatic rings. The largest absolute Gasteiger partial charge is 0.391 e. The van der Waals surface area contributed by atoms with Crippen molar-refractivity contribution in [2.75, 3.05) is 6.54 Å². The molecular formula is C22H46N2O2. The number of carbonyl (C=O) groups is 1. The average molecular weight is 371 g/mol. The van der Waals surface area contributed by atoms with E-state index in [-0.39, 0.29) is 5.91 Å². The van der Waals surface area contributed by atoms with Gasteiger partial charge in [0.25, 0.3) is 0 Å². The minimum absolute atomic E-state index is 0.249. The van der Waals surface area contributed by atoms with Crippen molar-refractivity contribution in [1.82, 2.24) is 5.32 Å². The molecule has 0 saturated carbocycles. The number of hydrogen-bond acceptors (Lipinski definition) is 3. The second-order valence-corrected chi connectivity index (χ2v) is 7.86. The van der Waals surface area contributed by atoms with Gasteiger partial charge in [-0.15, -0.1) is 0 Å². The summed E-state index contributed by atoms with van der Waals surface area (Å²) in [6.45, 7) is 4.48. The van der Waals surface area contributed by atoms with E-state index >= 15 is 0 Å². The summed E-state index contributed by atoms with van der Waals surface area (Å²) in [4.78, 5) is 11.5. The van der Waals surface area contributed by atoms with Crippen LogP contribution in [0.2, 0.25) is 0 Å². The first kappa shape index (κ1) is 25.4. The monoisotopic (exact) mass is 370 g/mol. The van der Waals surface area contributed by atoms with E-state index in [1.807, 2.05) is 0 Å². The first-order valence-electron chi connectivity index (χ1n) is 11.3. The third-order valence-corrected chi connectivity index (χ3v) is 5.15. The van der Waals surface area contributed by atoms with Crippen molar-refractivity contribution >= 4 is 5.91 Å². The molecule has 0 rings (SSSR count). The van der Waals surface area contributed by atoms with Crippen molar-refractivity contribution < 1.29 is 9.90 Å². The van der Waals surface area contributed by atoms with Crippen LogP contribution >= 0.6 is 0 Å². The van der Waals surface area contributed by atoms with Gasteiger partial charge in [-0.2, -0.15) is 0 Å².